The predicted octanol–water partition coefficient (Wildman–Crippen LogP) is 3.02. The third-order valence-corrected chi connectivity index (χ3v) is 2.83. The fourth-order valence-corrected chi connectivity index (χ4v) is 1.89. The normalized spacial score (nSPS) is 14.4. The van der Waals surface area contributed by atoms with Crippen molar-refractivity contribution in [3.8, 4) is 6.07 Å². The molecular weight excluding hydrogens is 222 g/mol. The molecule has 1 N–H and O–H groups in total. The van der Waals surface area contributed by atoms with Crippen molar-refractivity contribution in [3.05, 3.63) is 35.4 Å². The van der Waals surface area contributed by atoms with E-state index in [1.165, 1.54) is 0 Å². The van der Waals surface area contributed by atoms with Gasteiger partial charge in [-0.05, 0) is 31.2 Å². The molecule has 2 atom stereocenters. The summed E-state index contributed by atoms with van der Waals surface area (Å²) in [5.41, 5.74) is 0.202. The number of hydrogen-bond donors (Lipinski definition) is 1. The van der Waals surface area contributed by atoms with Crippen molar-refractivity contribution in [1.82, 2.24) is 5.32 Å². The van der Waals surface area contributed by atoms with Gasteiger partial charge in [0.25, 0.3) is 0 Å². The maximum atomic E-state index is 13.7. The van der Waals surface area contributed by atoms with E-state index in [-0.39, 0.29) is 11.5 Å². The predicted molar refractivity (Wildman–Crippen MR) is 62.1 cm³/mol. The van der Waals surface area contributed by atoms with Crippen LogP contribution in [0.25, 0.3) is 0 Å². The maximum absolute atomic E-state index is 13.7. The van der Waals surface area contributed by atoms with Gasteiger partial charge < -0.3 is 5.32 Å². The quantitative estimate of drug-likeness (QED) is 0.875. The lowest BCUT2D eigenvalue weighted by atomic mass is 9.85. The van der Waals surface area contributed by atoms with Gasteiger partial charge in [-0.3, -0.25) is 0 Å². The molecule has 0 radical (unpaired) electrons. The Morgan fingerprint density at radius 3 is 2.41 bits per heavy atom. The maximum Gasteiger partial charge on any atom is 0.128 e. The van der Waals surface area contributed by atoms with Crippen molar-refractivity contribution in [1.29, 1.82) is 5.26 Å². The Balaban J connectivity index is 3.17. The molecular formula is C13H16F2N2. The van der Waals surface area contributed by atoms with E-state index >= 15 is 0 Å². The van der Waals surface area contributed by atoms with Crippen LogP contribution >= 0.6 is 0 Å². The second-order valence-corrected chi connectivity index (χ2v) is 4.33. The number of rotatable bonds is 4. The highest BCUT2D eigenvalue weighted by Gasteiger charge is 2.27. The highest BCUT2D eigenvalue weighted by Crippen LogP contribution is 2.29. The Morgan fingerprint density at radius 2 is 1.94 bits per heavy atom. The minimum absolute atomic E-state index is 0.0557. The number of benzene rings is 1. The van der Waals surface area contributed by atoms with Crippen LogP contribution in [0.1, 0.15) is 25.5 Å². The van der Waals surface area contributed by atoms with E-state index in [0.29, 0.717) is 0 Å². The Kier molecular flexibility index (Phi) is 4.59. The Bertz CT molecular complexity index is 424. The average molecular weight is 238 g/mol. The van der Waals surface area contributed by atoms with E-state index in [1.807, 2.05) is 13.8 Å². The van der Waals surface area contributed by atoms with E-state index < -0.39 is 23.6 Å². The molecule has 2 nitrogen and oxygen atoms in total. The number of hydrogen-bond acceptors (Lipinski definition) is 2. The van der Waals surface area contributed by atoms with Crippen LogP contribution in [0.4, 0.5) is 8.78 Å². The zero-order chi connectivity index (χ0) is 13.0. The van der Waals surface area contributed by atoms with Crippen LogP contribution in [0.15, 0.2) is 18.2 Å². The minimum Gasteiger partial charge on any atom is -0.312 e. The van der Waals surface area contributed by atoms with Crippen molar-refractivity contribution in [3.63, 3.8) is 0 Å². The number of nitrogens with zero attached hydrogens (tertiary/aromatic N) is 1. The van der Waals surface area contributed by atoms with E-state index in [0.717, 1.165) is 18.2 Å². The van der Waals surface area contributed by atoms with Gasteiger partial charge in [-0.1, -0.05) is 13.8 Å². The largest absolute Gasteiger partial charge is 0.312 e. The molecule has 0 bridgehead atoms. The summed E-state index contributed by atoms with van der Waals surface area (Å²) in [4.78, 5) is 0. The molecule has 1 aromatic rings. The Morgan fingerprint density at radius 1 is 1.29 bits per heavy atom. The first-order chi connectivity index (χ1) is 8.01. The highest BCUT2D eigenvalue weighted by atomic mass is 19.1. The summed E-state index contributed by atoms with van der Waals surface area (Å²) in [5.74, 6) is -1.34. The molecule has 2 unspecified atom stereocenters. The molecule has 0 aliphatic rings. The van der Waals surface area contributed by atoms with Gasteiger partial charge >= 0.3 is 0 Å². The van der Waals surface area contributed by atoms with Crippen molar-refractivity contribution >= 4 is 0 Å². The molecule has 0 amide bonds. The van der Waals surface area contributed by atoms with Crippen LogP contribution in [-0.2, 0) is 0 Å². The standard InChI is InChI=1S/C13H16F2N2/c1-8(2)11(7-16)13(17-3)10-6-9(14)4-5-12(10)15/h4-6,8,11,13,17H,1-3H3. The molecule has 0 saturated carbocycles. The fourth-order valence-electron chi connectivity index (χ4n) is 1.89. The zero-order valence-electron chi connectivity index (χ0n) is 10.2. The van der Waals surface area contributed by atoms with Gasteiger partial charge in [-0.25, -0.2) is 8.78 Å². The SMILES string of the molecule is CNC(c1cc(F)ccc1F)C(C#N)C(C)C. The molecule has 1 rings (SSSR count). The first kappa shape index (κ1) is 13.6. The van der Waals surface area contributed by atoms with E-state index in [2.05, 4.69) is 11.4 Å². The van der Waals surface area contributed by atoms with E-state index in [9.17, 15) is 8.78 Å². The molecule has 92 valence electrons. The Labute approximate surface area is 100 Å². The molecule has 0 spiro atoms. The zero-order valence-corrected chi connectivity index (χ0v) is 10.2. The van der Waals surface area contributed by atoms with Gasteiger partial charge in [0, 0.05) is 5.56 Å². The van der Waals surface area contributed by atoms with Gasteiger partial charge in [0.15, 0.2) is 0 Å². The van der Waals surface area contributed by atoms with Crippen LogP contribution in [0.2, 0.25) is 0 Å². The van der Waals surface area contributed by atoms with Crippen LogP contribution in [0, 0.1) is 34.8 Å². The molecule has 1 aromatic carbocycles. The van der Waals surface area contributed by atoms with Gasteiger partial charge in [0.1, 0.15) is 11.6 Å². The molecule has 4 heteroatoms. The summed E-state index contributed by atoms with van der Waals surface area (Å²) >= 11 is 0. The van der Waals surface area contributed by atoms with Crippen molar-refractivity contribution < 1.29 is 8.78 Å². The van der Waals surface area contributed by atoms with Gasteiger partial charge in [-0.2, -0.15) is 5.26 Å². The smallest absolute Gasteiger partial charge is 0.128 e. The third kappa shape index (κ3) is 3.01. The molecule has 0 fully saturated rings. The molecule has 0 aromatic heterocycles. The molecule has 17 heavy (non-hydrogen) atoms. The average Bonchev–Trinajstić information content (AvgIpc) is 2.28. The van der Waals surface area contributed by atoms with Crippen molar-refractivity contribution in [2.75, 3.05) is 7.05 Å². The van der Waals surface area contributed by atoms with Gasteiger partial charge in [0.05, 0.1) is 18.0 Å². The summed E-state index contributed by atoms with van der Waals surface area (Å²) in [6, 6.07) is 4.94. The third-order valence-electron chi connectivity index (χ3n) is 2.83. The molecule has 0 aliphatic carbocycles. The second kappa shape index (κ2) is 5.74. The van der Waals surface area contributed by atoms with Gasteiger partial charge in [-0.15, -0.1) is 0 Å². The lowest BCUT2D eigenvalue weighted by Crippen LogP contribution is -2.28. The lowest BCUT2D eigenvalue weighted by Gasteiger charge is -2.25. The second-order valence-electron chi connectivity index (χ2n) is 4.33. The fraction of sp³-hybridized carbons (Fsp3) is 0.462. The molecule has 0 aliphatic heterocycles. The van der Waals surface area contributed by atoms with Crippen LogP contribution in [0.3, 0.4) is 0 Å². The molecule has 0 heterocycles. The van der Waals surface area contributed by atoms with Gasteiger partial charge in [0.2, 0.25) is 0 Å². The van der Waals surface area contributed by atoms with Crippen LogP contribution < -0.4 is 5.32 Å². The summed E-state index contributed by atoms with van der Waals surface area (Å²) in [5, 5.41) is 12.0. The van der Waals surface area contributed by atoms with E-state index in [1.54, 1.807) is 7.05 Å². The Hall–Kier alpha value is -1.47. The summed E-state index contributed by atoms with van der Waals surface area (Å²) in [6.45, 7) is 3.77. The summed E-state index contributed by atoms with van der Waals surface area (Å²) in [6.07, 6.45) is 0. The minimum atomic E-state index is -0.504. The monoisotopic (exact) mass is 238 g/mol. The summed E-state index contributed by atoms with van der Waals surface area (Å²) < 4.78 is 26.8. The van der Waals surface area contributed by atoms with Crippen molar-refractivity contribution in [2.45, 2.75) is 19.9 Å². The topological polar surface area (TPSA) is 35.8 Å². The van der Waals surface area contributed by atoms with E-state index in [4.69, 9.17) is 5.26 Å². The first-order valence-electron chi connectivity index (χ1n) is 5.53. The lowest BCUT2D eigenvalue weighted by molar-refractivity contribution is 0.353. The highest BCUT2D eigenvalue weighted by molar-refractivity contribution is 5.24. The first-order valence-corrected chi connectivity index (χ1v) is 5.53. The number of nitrogens with one attached hydrogen (secondary N) is 1. The number of halogens is 2. The van der Waals surface area contributed by atoms with Crippen molar-refractivity contribution in [2.24, 2.45) is 11.8 Å². The van der Waals surface area contributed by atoms with Crippen LogP contribution in [0.5, 0.6) is 0 Å². The summed E-state index contributed by atoms with van der Waals surface area (Å²) in [7, 11) is 1.64. The van der Waals surface area contributed by atoms with Crippen LogP contribution in [-0.4, -0.2) is 7.05 Å². The molecule has 0 saturated heterocycles. The number of nitriles is 1.